The first-order valence-electron chi connectivity index (χ1n) is 8.30. The number of carbonyl (C=O) groups is 3. The van der Waals surface area contributed by atoms with E-state index in [-0.39, 0.29) is 24.9 Å². The number of anilines is 1. The van der Waals surface area contributed by atoms with Gasteiger partial charge in [-0.25, -0.2) is 4.79 Å². The number of rotatable bonds is 7. The summed E-state index contributed by atoms with van der Waals surface area (Å²) in [6.45, 7) is 1.52. The third-order valence-electron chi connectivity index (χ3n) is 3.90. The quantitative estimate of drug-likeness (QED) is 0.757. The zero-order chi connectivity index (χ0) is 19.8. The number of hydrogen-bond acceptors (Lipinski definition) is 5. The number of hydrogen-bond donors (Lipinski definition) is 1. The van der Waals surface area contributed by atoms with E-state index in [4.69, 9.17) is 4.74 Å². The molecule has 0 spiro atoms. The van der Waals surface area contributed by atoms with Crippen LogP contribution >= 0.6 is 0 Å². The van der Waals surface area contributed by atoms with Crippen molar-refractivity contribution in [1.29, 1.82) is 0 Å². The summed E-state index contributed by atoms with van der Waals surface area (Å²) in [5.41, 5.74) is 1.58. The van der Waals surface area contributed by atoms with Gasteiger partial charge in [-0.1, -0.05) is 24.3 Å². The molecule has 0 fully saturated rings. The zero-order valence-corrected chi connectivity index (χ0v) is 15.5. The van der Waals surface area contributed by atoms with Gasteiger partial charge in [-0.15, -0.1) is 0 Å². The molecule has 0 radical (unpaired) electrons. The van der Waals surface area contributed by atoms with Crippen LogP contribution in [0.3, 0.4) is 0 Å². The van der Waals surface area contributed by atoms with Gasteiger partial charge in [-0.2, -0.15) is 0 Å². The SMILES string of the molecule is COC(=O)c1cccc(NC(=O)CN(Cc2ccccc2OC)C(C)=O)c1. The van der Waals surface area contributed by atoms with Crippen LogP contribution < -0.4 is 10.1 Å². The van der Waals surface area contributed by atoms with Crippen LogP contribution in [0, 0.1) is 0 Å². The van der Waals surface area contributed by atoms with Crippen LogP contribution in [-0.2, 0) is 20.9 Å². The maximum atomic E-state index is 12.4. The van der Waals surface area contributed by atoms with Gasteiger partial charge in [0.2, 0.25) is 11.8 Å². The molecule has 1 N–H and O–H groups in total. The van der Waals surface area contributed by atoms with E-state index in [1.165, 1.54) is 25.0 Å². The van der Waals surface area contributed by atoms with E-state index in [1.54, 1.807) is 31.4 Å². The van der Waals surface area contributed by atoms with Crippen molar-refractivity contribution >= 4 is 23.5 Å². The van der Waals surface area contributed by atoms with E-state index >= 15 is 0 Å². The van der Waals surface area contributed by atoms with Crippen LogP contribution in [0.2, 0.25) is 0 Å². The van der Waals surface area contributed by atoms with Crippen molar-refractivity contribution < 1.29 is 23.9 Å². The van der Waals surface area contributed by atoms with Crippen molar-refractivity contribution in [2.45, 2.75) is 13.5 Å². The van der Waals surface area contributed by atoms with Gasteiger partial charge >= 0.3 is 5.97 Å². The Morgan fingerprint density at radius 1 is 1.04 bits per heavy atom. The Hall–Kier alpha value is -3.35. The molecule has 0 bridgehead atoms. The van der Waals surface area contributed by atoms with E-state index in [1.807, 2.05) is 18.2 Å². The molecule has 2 rings (SSSR count). The highest BCUT2D eigenvalue weighted by Gasteiger charge is 2.16. The maximum absolute atomic E-state index is 12.4. The average Bonchev–Trinajstić information content (AvgIpc) is 2.67. The monoisotopic (exact) mass is 370 g/mol. The molecule has 2 amide bonds. The van der Waals surface area contributed by atoms with E-state index in [0.717, 1.165) is 5.56 Å². The number of amides is 2. The molecule has 0 aliphatic heterocycles. The van der Waals surface area contributed by atoms with Gasteiger partial charge < -0.3 is 19.7 Å². The van der Waals surface area contributed by atoms with Crippen molar-refractivity contribution in [3.8, 4) is 5.75 Å². The lowest BCUT2D eigenvalue weighted by molar-refractivity contribution is -0.133. The predicted octanol–water partition coefficient (Wildman–Crippen LogP) is 2.47. The van der Waals surface area contributed by atoms with Crippen LogP contribution in [0.25, 0.3) is 0 Å². The first-order valence-corrected chi connectivity index (χ1v) is 8.30. The lowest BCUT2D eigenvalue weighted by Gasteiger charge is -2.21. The van der Waals surface area contributed by atoms with E-state index in [2.05, 4.69) is 10.1 Å². The van der Waals surface area contributed by atoms with Crippen molar-refractivity contribution in [3.63, 3.8) is 0 Å². The van der Waals surface area contributed by atoms with Crippen molar-refractivity contribution in [1.82, 2.24) is 4.90 Å². The normalized spacial score (nSPS) is 10.0. The number of ether oxygens (including phenoxy) is 2. The summed E-state index contributed by atoms with van der Waals surface area (Å²) in [7, 11) is 2.84. The molecule has 0 aromatic heterocycles. The Balaban J connectivity index is 2.07. The minimum absolute atomic E-state index is 0.129. The smallest absolute Gasteiger partial charge is 0.337 e. The molecule has 0 atom stereocenters. The van der Waals surface area contributed by atoms with Crippen LogP contribution in [0.5, 0.6) is 5.75 Å². The molecule has 0 saturated carbocycles. The second-order valence-electron chi connectivity index (χ2n) is 5.81. The first kappa shape index (κ1) is 20.0. The number of nitrogens with one attached hydrogen (secondary N) is 1. The third kappa shape index (κ3) is 5.57. The largest absolute Gasteiger partial charge is 0.496 e. The minimum atomic E-state index is -0.493. The number of carbonyl (C=O) groups excluding carboxylic acids is 3. The molecular formula is C20H22N2O5. The fraction of sp³-hybridized carbons (Fsp3) is 0.250. The summed E-state index contributed by atoms with van der Waals surface area (Å²) in [5, 5.41) is 2.69. The zero-order valence-electron chi connectivity index (χ0n) is 15.5. The third-order valence-corrected chi connectivity index (χ3v) is 3.90. The van der Waals surface area contributed by atoms with Crippen molar-refractivity contribution in [2.75, 3.05) is 26.1 Å². The average molecular weight is 370 g/mol. The Morgan fingerprint density at radius 2 is 1.78 bits per heavy atom. The minimum Gasteiger partial charge on any atom is -0.496 e. The second-order valence-corrected chi connectivity index (χ2v) is 5.81. The molecular weight excluding hydrogens is 348 g/mol. The van der Waals surface area contributed by atoms with Crippen LogP contribution in [0.1, 0.15) is 22.8 Å². The molecule has 0 unspecified atom stereocenters. The van der Waals surface area contributed by atoms with Gasteiger partial charge in [-0.3, -0.25) is 9.59 Å². The van der Waals surface area contributed by atoms with Crippen LogP contribution in [0.4, 0.5) is 5.69 Å². The molecule has 2 aromatic rings. The highest BCUT2D eigenvalue weighted by molar-refractivity contribution is 5.96. The highest BCUT2D eigenvalue weighted by atomic mass is 16.5. The van der Waals surface area contributed by atoms with Crippen LogP contribution in [-0.4, -0.2) is 43.4 Å². The fourth-order valence-corrected chi connectivity index (χ4v) is 2.53. The standard InChI is InChI=1S/C20H22N2O5/c1-14(23)22(12-16-7-4-5-10-18(16)26-2)13-19(24)21-17-9-6-8-15(11-17)20(25)27-3/h4-11H,12-13H2,1-3H3,(H,21,24). The number of benzene rings is 2. The number of esters is 1. The van der Waals surface area contributed by atoms with Crippen LogP contribution in [0.15, 0.2) is 48.5 Å². The predicted molar refractivity (Wildman–Crippen MR) is 100 cm³/mol. The molecule has 2 aromatic carbocycles. The van der Waals surface area contributed by atoms with Gasteiger partial charge in [0.25, 0.3) is 0 Å². The number of nitrogens with zero attached hydrogens (tertiary/aromatic N) is 1. The summed E-state index contributed by atoms with van der Waals surface area (Å²) in [5.74, 6) is -0.455. The molecule has 7 heteroatoms. The maximum Gasteiger partial charge on any atom is 0.337 e. The summed E-state index contributed by atoms with van der Waals surface area (Å²) in [4.78, 5) is 37.3. The summed E-state index contributed by atoms with van der Waals surface area (Å²) in [6.07, 6.45) is 0. The van der Waals surface area contributed by atoms with E-state index < -0.39 is 5.97 Å². The van der Waals surface area contributed by atoms with Gasteiger partial charge in [0, 0.05) is 24.7 Å². The molecule has 0 heterocycles. The molecule has 0 aliphatic rings. The Labute approximate surface area is 157 Å². The summed E-state index contributed by atoms with van der Waals surface area (Å²) >= 11 is 0. The molecule has 0 aliphatic carbocycles. The van der Waals surface area contributed by atoms with Gasteiger partial charge in [0.15, 0.2) is 0 Å². The lowest BCUT2D eigenvalue weighted by atomic mass is 10.2. The number of para-hydroxylation sites is 1. The summed E-state index contributed by atoms with van der Waals surface area (Å²) < 4.78 is 9.95. The fourth-order valence-electron chi connectivity index (χ4n) is 2.53. The Morgan fingerprint density at radius 3 is 2.44 bits per heavy atom. The van der Waals surface area contributed by atoms with Crippen molar-refractivity contribution in [2.24, 2.45) is 0 Å². The molecule has 0 saturated heterocycles. The highest BCUT2D eigenvalue weighted by Crippen LogP contribution is 2.19. The Kier molecular flexibility index (Phi) is 6.93. The van der Waals surface area contributed by atoms with Gasteiger partial charge in [0.1, 0.15) is 12.3 Å². The Bertz CT molecular complexity index is 835. The lowest BCUT2D eigenvalue weighted by Crippen LogP contribution is -2.36. The summed E-state index contributed by atoms with van der Waals surface area (Å²) in [6, 6.07) is 13.7. The first-order chi connectivity index (χ1) is 12.9. The molecule has 27 heavy (non-hydrogen) atoms. The number of methoxy groups -OCH3 is 2. The van der Waals surface area contributed by atoms with E-state index in [0.29, 0.717) is 17.0 Å². The van der Waals surface area contributed by atoms with Gasteiger partial charge in [-0.05, 0) is 24.3 Å². The van der Waals surface area contributed by atoms with Gasteiger partial charge in [0.05, 0.1) is 19.8 Å². The molecule has 142 valence electrons. The topological polar surface area (TPSA) is 84.9 Å². The van der Waals surface area contributed by atoms with Crippen molar-refractivity contribution in [3.05, 3.63) is 59.7 Å². The molecule has 7 nitrogen and oxygen atoms in total. The second kappa shape index (κ2) is 9.38. The van der Waals surface area contributed by atoms with E-state index in [9.17, 15) is 14.4 Å².